The van der Waals surface area contributed by atoms with E-state index in [-0.39, 0.29) is 24.0 Å². The van der Waals surface area contributed by atoms with Gasteiger partial charge >= 0.3 is 0 Å². The number of benzene rings is 1. The minimum atomic E-state index is -3.21. The van der Waals surface area contributed by atoms with Gasteiger partial charge in [-0.25, -0.2) is 12.8 Å². The number of halogens is 1. The molecule has 1 N–H and O–H groups in total. The summed E-state index contributed by atoms with van der Waals surface area (Å²) < 4.78 is 38.3. The van der Waals surface area contributed by atoms with Gasteiger partial charge in [-0.05, 0) is 31.7 Å². The second-order valence-corrected chi connectivity index (χ2v) is 8.49. The largest absolute Gasteiger partial charge is 0.385 e. The van der Waals surface area contributed by atoms with Crippen LogP contribution in [-0.2, 0) is 15.4 Å². The van der Waals surface area contributed by atoms with E-state index in [1.165, 1.54) is 18.2 Å². The maximum absolute atomic E-state index is 13.8. The maximum atomic E-state index is 13.8. The predicted octanol–water partition coefficient (Wildman–Crippen LogP) is 2.01. The molecular weight excluding hydrogens is 293 g/mol. The first kappa shape index (κ1) is 14.5. The van der Waals surface area contributed by atoms with Crippen molar-refractivity contribution in [1.82, 2.24) is 0 Å². The Bertz CT molecular complexity index is 703. The van der Waals surface area contributed by atoms with E-state index in [9.17, 15) is 17.9 Å². The number of aliphatic hydroxyl groups is 1. The lowest BCUT2D eigenvalue weighted by molar-refractivity contribution is 0.00449. The van der Waals surface area contributed by atoms with Gasteiger partial charge in [0.25, 0.3) is 0 Å². The molecule has 1 aromatic rings. The molecule has 2 bridgehead atoms. The van der Waals surface area contributed by atoms with Gasteiger partial charge in [-0.15, -0.1) is 0 Å². The van der Waals surface area contributed by atoms with Crippen molar-refractivity contribution in [3.05, 3.63) is 35.1 Å². The van der Waals surface area contributed by atoms with Crippen LogP contribution in [0.5, 0.6) is 0 Å². The summed E-state index contributed by atoms with van der Waals surface area (Å²) in [5.74, 6) is -0.679. The van der Waals surface area contributed by atoms with Crippen LogP contribution in [0.25, 0.3) is 0 Å². The van der Waals surface area contributed by atoms with Crippen LogP contribution in [0, 0.1) is 17.1 Å². The fourth-order valence-corrected chi connectivity index (χ4v) is 6.24. The molecule has 0 saturated carbocycles. The summed E-state index contributed by atoms with van der Waals surface area (Å²) in [4.78, 5) is 0. The van der Waals surface area contributed by atoms with Crippen molar-refractivity contribution in [2.24, 2.45) is 0 Å². The highest BCUT2D eigenvalue weighted by Crippen LogP contribution is 2.46. The molecule has 2 heterocycles. The summed E-state index contributed by atoms with van der Waals surface area (Å²) in [5.41, 5.74) is -1.40. The monoisotopic (exact) mass is 309 g/mol. The van der Waals surface area contributed by atoms with Crippen molar-refractivity contribution >= 4 is 9.84 Å². The number of sulfone groups is 1. The van der Waals surface area contributed by atoms with Gasteiger partial charge in [-0.2, -0.15) is 5.26 Å². The van der Waals surface area contributed by atoms with Crippen molar-refractivity contribution in [3.63, 3.8) is 0 Å². The van der Waals surface area contributed by atoms with Crippen molar-refractivity contribution in [2.45, 2.75) is 48.2 Å². The number of hydrogen-bond acceptors (Lipinski definition) is 4. The Balaban J connectivity index is 2.08. The molecule has 2 saturated heterocycles. The topological polar surface area (TPSA) is 78.2 Å². The highest BCUT2D eigenvalue weighted by Gasteiger charge is 2.51. The molecule has 2 aliphatic heterocycles. The SMILES string of the molecule is N#Cc1c(F)cccc1C1(O)CC2CCCC(C1)S2(=O)=O. The fraction of sp³-hybridized carbons (Fsp3) is 0.533. The zero-order chi connectivity index (χ0) is 15.3. The highest BCUT2D eigenvalue weighted by atomic mass is 32.2. The molecular formula is C15H16FNO3S. The normalized spacial score (nSPS) is 34.1. The van der Waals surface area contributed by atoms with Crippen LogP contribution < -0.4 is 0 Å². The molecule has 1 aromatic carbocycles. The van der Waals surface area contributed by atoms with Gasteiger partial charge in [0, 0.05) is 5.56 Å². The number of hydrogen-bond donors (Lipinski definition) is 1. The van der Waals surface area contributed by atoms with Gasteiger partial charge in [0.05, 0.1) is 21.7 Å². The summed E-state index contributed by atoms with van der Waals surface area (Å²) in [7, 11) is -3.21. The van der Waals surface area contributed by atoms with E-state index in [2.05, 4.69) is 0 Å². The minimum absolute atomic E-state index is 0.0456. The van der Waals surface area contributed by atoms with E-state index < -0.39 is 31.8 Å². The molecule has 2 fully saturated rings. The van der Waals surface area contributed by atoms with Gasteiger partial charge in [-0.1, -0.05) is 18.6 Å². The van der Waals surface area contributed by atoms with Gasteiger partial charge in [-0.3, -0.25) is 0 Å². The summed E-state index contributed by atoms with van der Waals surface area (Å²) in [6.07, 6.45) is 1.98. The second-order valence-electron chi connectivity index (χ2n) is 5.98. The van der Waals surface area contributed by atoms with E-state index in [0.29, 0.717) is 12.8 Å². The van der Waals surface area contributed by atoms with Crippen molar-refractivity contribution in [2.75, 3.05) is 0 Å². The summed E-state index contributed by atoms with van der Waals surface area (Å²) in [6, 6.07) is 5.93. The number of nitrogens with zero attached hydrogens (tertiary/aromatic N) is 1. The Hall–Kier alpha value is -1.45. The van der Waals surface area contributed by atoms with Crippen LogP contribution in [0.4, 0.5) is 4.39 Å². The maximum Gasteiger partial charge on any atom is 0.156 e. The molecule has 6 heteroatoms. The summed E-state index contributed by atoms with van der Waals surface area (Å²) in [6.45, 7) is 0. The first-order valence-electron chi connectivity index (χ1n) is 7.03. The Labute approximate surface area is 123 Å². The Kier molecular flexibility index (Phi) is 3.30. The van der Waals surface area contributed by atoms with Crippen molar-refractivity contribution < 1.29 is 17.9 Å². The van der Waals surface area contributed by atoms with E-state index in [4.69, 9.17) is 5.26 Å². The lowest BCUT2D eigenvalue weighted by Gasteiger charge is -2.44. The summed E-state index contributed by atoms with van der Waals surface area (Å²) >= 11 is 0. The molecule has 0 radical (unpaired) electrons. The first-order chi connectivity index (χ1) is 9.88. The van der Waals surface area contributed by atoms with Gasteiger partial charge in [0.2, 0.25) is 0 Å². The molecule has 21 heavy (non-hydrogen) atoms. The number of rotatable bonds is 1. The molecule has 2 unspecified atom stereocenters. The van der Waals surface area contributed by atoms with Gasteiger partial charge in [0.1, 0.15) is 11.9 Å². The third-order valence-electron chi connectivity index (χ3n) is 4.74. The molecule has 2 atom stereocenters. The third-order valence-corrected chi connectivity index (χ3v) is 7.40. The van der Waals surface area contributed by atoms with Crippen LogP contribution in [0.15, 0.2) is 18.2 Å². The third kappa shape index (κ3) is 2.16. The Morgan fingerprint density at radius 2 is 1.90 bits per heavy atom. The lowest BCUT2D eigenvalue weighted by Crippen LogP contribution is -2.50. The molecule has 3 rings (SSSR count). The molecule has 112 valence electrons. The number of fused-ring (bicyclic) bond motifs is 2. The standard InChI is InChI=1S/C15H16FNO3S/c16-14-6-2-5-13(12(14)9-17)15(18)7-10-3-1-4-11(8-15)21(10,19)20/h2,5-6,10-11,18H,1,3-4,7-8H2. The fourth-order valence-electron chi connectivity index (χ4n) is 3.69. The molecule has 2 aliphatic rings. The molecule has 4 nitrogen and oxygen atoms in total. The van der Waals surface area contributed by atoms with Crippen LogP contribution >= 0.6 is 0 Å². The van der Waals surface area contributed by atoms with Crippen molar-refractivity contribution in [1.29, 1.82) is 5.26 Å². The Morgan fingerprint density at radius 3 is 2.48 bits per heavy atom. The zero-order valence-electron chi connectivity index (χ0n) is 11.4. The average Bonchev–Trinajstić information content (AvgIpc) is 2.40. The van der Waals surface area contributed by atoms with Gasteiger partial charge < -0.3 is 5.11 Å². The molecule has 0 aliphatic carbocycles. The summed E-state index contributed by atoms with van der Waals surface area (Å²) in [5, 5.41) is 18.9. The predicted molar refractivity (Wildman–Crippen MR) is 74.6 cm³/mol. The quantitative estimate of drug-likeness (QED) is 0.861. The highest BCUT2D eigenvalue weighted by molar-refractivity contribution is 7.92. The molecule has 0 spiro atoms. The smallest absolute Gasteiger partial charge is 0.156 e. The van der Waals surface area contributed by atoms with E-state index in [0.717, 1.165) is 6.42 Å². The second kappa shape index (κ2) is 4.79. The van der Waals surface area contributed by atoms with Gasteiger partial charge in [0.15, 0.2) is 9.84 Å². The number of nitriles is 1. The zero-order valence-corrected chi connectivity index (χ0v) is 12.2. The van der Waals surface area contributed by atoms with E-state index in [1.54, 1.807) is 6.07 Å². The average molecular weight is 309 g/mol. The van der Waals surface area contributed by atoms with Crippen LogP contribution in [0.3, 0.4) is 0 Å². The molecule has 0 amide bonds. The minimum Gasteiger partial charge on any atom is -0.385 e. The lowest BCUT2D eigenvalue weighted by atomic mass is 9.79. The van der Waals surface area contributed by atoms with E-state index >= 15 is 0 Å². The molecule has 0 aromatic heterocycles. The van der Waals surface area contributed by atoms with Crippen LogP contribution in [0.2, 0.25) is 0 Å². The Morgan fingerprint density at radius 1 is 1.29 bits per heavy atom. The van der Waals surface area contributed by atoms with Crippen LogP contribution in [0.1, 0.15) is 43.2 Å². The van der Waals surface area contributed by atoms with Crippen LogP contribution in [-0.4, -0.2) is 24.0 Å². The first-order valence-corrected chi connectivity index (χ1v) is 8.63. The van der Waals surface area contributed by atoms with Crippen molar-refractivity contribution in [3.8, 4) is 6.07 Å². The van der Waals surface area contributed by atoms with E-state index in [1.807, 2.05) is 0 Å².